The number of benzene rings is 2. The topological polar surface area (TPSA) is 97.9 Å². The number of carbonyl (C=O) groups excluding carboxylic acids is 3. The van der Waals surface area contributed by atoms with Gasteiger partial charge in [-0.2, -0.15) is 0 Å². The minimum Gasteiger partial charge on any atom is -0.487 e. The van der Waals surface area contributed by atoms with Gasteiger partial charge in [0.1, 0.15) is 17.1 Å². The number of hydroxylamine groups is 2. The lowest BCUT2D eigenvalue weighted by molar-refractivity contribution is -0.151. The van der Waals surface area contributed by atoms with E-state index in [0.29, 0.717) is 29.3 Å². The normalized spacial score (nSPS) is 20.6. The molecule has 2 aromatic carbocycles. The molecule has 10 nitrogen and oxygen atoms in total. The summed E-state index contributed by atoms with van der Waals surface area (Å²) < 4.78 is 17.7. The van der Waals surface area contributed by atoms with Gasteiger partial charge >= 0.3 is 0 Å². The highest BCUT2D eigenvalue weighted by Crippen LogP contribution is 2.44. The van der Waals surface area contributed by atoms with Crippen LogP contribution < -0.4 is 9.47 Å². The first kappa shape index (κ1) is 29.0. The quantitative estimate of drug-likeness (QED) is 0.337. The summed E-state index contributed by atoms with van der Waals surface area (Å²) in [6, 6.07) is 6.54. The largest absolute Gasteiger partial charge is 0.487 e. The smallest absolute Gasteiger partial charge is 0.285 e. The second kappa shape index (κ2) is 11.8. The highest BCUT2D eigenvalue weighted by atomic mass is 16.7. The number of amides is 3. The van der Waals surface area contributed by atoms with Crippen molar-refractivity contribution in [2.45, 2.75) is 52.6 Å². The molecule has 0 N–H and O–H groups in total. The molecule has 3 aliphatic heterocycles. The average Bonchev–Trinajstić information content (AvgIpc) is 3.22. The van der Waals surface area contributed by atoms with Crippen molar-refractivity contribution < 1.29 is 33.4 Å². The summed E-state index contributed by atoms with van der Waals surface area (Å²) in [7, 11) is 1.62. The molecule has 1 fully saturated rings. The van der Waals surface area contributed by atoms with E-state index in [0.717, 1.165) is 67.1 Å². The third kappa shape index (κ3) is 5.68. The molecule has 1 unspecified atom stereocenters. The van der Waals surface area contributed by atoms with Crippen LogP contribution >= 0.6 is 0 Å². The Balaban J connectivity index is 1.10. The Hall–Kier alpha value is -3.47. The molecule has 3 amide bonds. The maximum Gasteiger partial charge on any atom is 0.285 e. The predicted octanol–water partition coefficient (Wildman–Crippen LogP) is 3.44. The van der Waals surface area contributed by atoms with Gasteiger partial charge in [-0.25, -0.2) is 0 Å². The van der Waals surface area contributed by atoms with Crippen molar-refractivity contribution >= 4 is 17.7 Å². The Labute approximate surface area is 241 Å². The molecule has 0 bridgehead atoms. The molecule has 220 valence electrons. The summed E-state index contributed by atoms with van der Waals surface area (Å²) in [6.45, 7) is 11.8. The minimum atomic E-state index is -0.537. The van der Waals surface area contributed by atoms with Gasteiger partial charge in [-0.3, -0.25) is 24.1 Å². The molecule has 1 atom stereocenters. The molecule has 0 aromatic heterocycles. The van der Waals surface area contributed by atoms with Crippen molar-refractivity contribution in [1.29, 1.82) is 0 Å². The third-order valence-corrected chi connectivity index (χ3v) is 8.64. The number of ether oxygens (including phenoxy) is 3. The van der Waals surface area contributed by atoms with Gasteiger partial charge in [0.25, 0.3) is 17.7 Å². The number of carbonyl (C=O) groups is 3. The molecular formula is C31H39N3O7. The molecule has 3 aliphatic rings. The number of hydrogen-bond donors (Lipinski definition) is 0. The first-order valence-electron chi connectivity index (χ1n) is 14.2. The molecule has 10 heteroatoms. The average molecular weight is 566 g/mol. The Bertz CT molecular complexity index is 1320. The van der Waals surface area contributed by atoms with E-state index in [1.807, 2.05) is 0 Å². The van der Waals surface area contributed by atoms with Gasteiger partial charge in [0, 0.05) is 45.4 Å². The van der Waals surface area contributed by atoms with Crippen LogP contribution in [0.5, 0.6) is 11.5 Å². The van der Waals surface area contributed by atoms with Crippen molar-refractivity contribution in [2.24, 2.45) is 0 Å². The van der Waals surface area contributed by atoms with Gasteiger partial charge in [-0.05, 0) is 75.8 Å². The molecule has 0 saturated carbocycles. The molecule has 5 rings (SSSR count). The summed E-state index contributed by atoms with van der Waals surface area (Å²) in [5.41, 5.74) is 4.83. The first-order valence-corrected chi connectivity index (χ1v) is 14.2. The van der Waals surface area contributed by atoms with Crippen LogP contribution in [0.3, 0.4) is 0 Å². The van der Waals surface area contributed by atoms with Crippen LogP contribution in [0.1, 0.15) is 62.7 Å². The van der Waals surface area contributed by atoms with E-state index >= 15 is 0 Å². The monoisotopic (exact) mass is 565 g/mol. The Morgan fingerprint density at radius 1 is 0.976 bits per heavy atom. The van der Waals surface area contributed by atoms with Crippen molar-refractivity contribution in [3.8, 4) is 11.5 Å². The van der Waals surface area contributed by atoms with Gasteiger partial charge in [0.2, 0.25) is 0 Å². The fourth-order valence-electron chi connectivity index (χ4n) is 5.90. The van der Waals surface area contributed by atoms with Gasteiger partial charge in [0.05, 0.1) is 11.1 Å². The number of rotatable bonds is 9. The lowest BCUT2D eigenvalue weighted by Gasteiger charge is -2.40. The molecule has 41 heavy (non-hydrogen) atoms. The molecular weight excluding hydrogens is 526 g/mol. The van der Waals surface area contributed by atoms with Gasteiger partial charge in [-0.15, -0.1) is 5.06 Å². The maximum atomic E-state index is 12.8. The number of methoxy groups -OCH3 is 1. The highest BCUT2D eigenvalue weighted by molar-refractivity contribution is 6.20. The number of nitrogens with zero attached hydrogens (tertiary/aromatic N) is 3. The Morgan fingerprint density at radius 3 is 2.27 bits per heavy atom. The number of fused-ring (bicyclic) bond motifs is 2. The molecule has 2 aromatic rings. The van der Waals surface area contributed by atoms with E-state index < -0.39 is 11.8 Å². The van der Waals surface area contributed by atoms with Crippen LogP contribution in [-0.4, -0.2) is 91.4 Å². The Kier molecular flexibility index (Phi) is 8.35. The SMILES string of the molecule is COCOc1c(C)c(C)c2c(c1C)CCC(C)(CCN1CCN(C(=O)CON3C(=O)c4ccccc4C3=O)CC1)O2. The summed E-state index contributed by atoms with van der Waals surface area (Å²) in [5.74, 6) is 0.550. The Morgan fingerprint density at radius 2 is 1.63 bits per heavy atom. The van der Waals surface area contributed by atoms with E-state index in [-0.39, 0.29) is 24.9 Å². The van der Waals surface area contributed by atoms with Crippen molar-refractivity contribution in [3.05, 3.63) is 57.6 Å². The molecule has 3 heterocycles. The predicted molar refractivity (Wildman–Crippen MR) is 151 cm³/mol. The number of hydrogen-bond acceptors (Lipinski definition) is 8. The summed E-state index contributed by atoms with van der Waals surface area (Å²) in [6.07, 6.45) is 2.72. The zero-order chi connectivity index (χ0) is 29.3. The molecule has 0 radical (unpaired) electrons. The second-order valence-corrected chi connectivity index (χ2v) is 11.3. The van der Waals surface area contributed by atoms with Crippen molar-refractivity contribution in [2.75, 3.05) is 53.2 Å². The zero-order valence-corrected chi connectivity index (χ0v) is 24.6. The van der Waals surface area contributed by atoms with E-state index in [4.69, 9.17) is 19.0 Å². The first-order chi connectivity index (χ1) is 19.6. The van der Waals surface area contributed by atoms with Crippen molar-refractivity contribution in [1.82, 2.24) is 14.9 Å². The third-order valence-electron chi connectivity index (χ3n) is 8.64. The van der Waals surface area contributed by atoms with Crippen LogP contribution in [0, 0.1) is 20.8 Å². The van der Waals surface area contributed by atoms with Crippen LogP contribution in [0.25, 0.3) is 0 Å². The molecule has 0 aliphatic carbocycles. The van der Waals surface area contributed by atoms with Gasteiger partial charge < -0.3 is 19.1 Å². The number of piperazine rings is 1. The van der Waals surface area contributed by atoms with E-state index in [9.17, 15) is 14.4 Å². The second-order valence-electron chi connectivity index (χ2n) is 11.3. The highest BCUT2D eigenvalue weighted by Gasteiger charge is 2.38. The standard InChI is InChI=1S/C31H39N3O7/c1-20-21(2)28-23(22(3)27(20)39-19-38-5)10-11-31(4,41-28)12-13-32-14-16-33(17-15-32)26(35)18-40-34-29(36)24-8-6-7-9-25(24)30(34)37/h6-9H,10-19H2,1-5H3. The molecule has 0 spiro atoms. The van der Waals surface area contributed by atoms with E-state index in [2.05, 4.69) is 32.6 Å². The number of imide groups is 1. The van der Waals surface area contributed by atoms with Crippen LogP contribution in [-0.2, 0) is 20.8 Å². The summed E-state index contributed by atoms with van der Waals surface area (Å²) >= 11 is 0. The van der Waals surface area contributed by atoms with Gasteiger partial charge in [-0.1, -0.05) is 12.1 Å². The lowest BCUT2D eigenvalue weighted by Crippen LogP contribution is -2.51. The summed E-state index contributed by atoms with van der Waals surface area (Å²) in [5, 5.41) is 0.694. The fourth-order valence-corrected chi connectivity index (χ4v) is 5.90. The fraction of sp³-hybridized carbons (Fsp3) is 0.516. The summed E-state index contributed by atoms with van der Waals surface area (Å²) in [4.78, 5) is 47.2. The lowest BCUT2D eigenvalue weighted by atomic mass is 9.85. The molecule has 1 saturated heterocycles. The van der Waals surface area contributed by atoms with Crippen LogP contribution in [0.2, 0.25) is 0 Å². The van der Waals surface area contributed by atoms with E-state index in [1.165, 1.54) is 5.56 Å². The van der Waals surface area contributed by atoms with Gasteiger partial charge in [0.15, 0.2) is 13.4 Å². The van der Waals surface area contributed by atoms with Crippen LogP contribution in [0.15, 0.2) is 24.3 Å². The zero-order valence-electron chi connectivity index (χ0n) is 24.6. The maximum absolute atomic E-state index is 12.8. The minimum absolute atomic E-state index is 0.219. The van der Waals surface area contributed by atoms with Crippen molar-refractivity contribution in [3.63, 3.8) is 0 Å². The van der Waals surface area contributed by atoms with E-state index in [1.54, 1.807) is 36.3 Å². The van der Waals surface area contributed by atoms with Crippen LogP contribution in [0.4, 0.5) is 0 Å².